The SMILES string of the molecule is CN=C(NCc1ccc(N2CCN(C)CC2)nc1)NC1CCN(C2CCCC2)C1.I. The van der Waals surface area contributed by atoms with E-state index in [1.165, 1.54) is 44.2 Å². The predicted molar refractivity (Wildman–Crippen MR) is 135 cm³/mol. The van der Waals surface area contributed by atoms with Crippen LogP contribution in [0.2, 0.25) is 0 Å². The maximum absolute atomic E-state index is 4.69. The van der Waals surface area contributed by atoms with Crippen molar-refractivity contribution in [1.82, 2.24) is 25.4 Å². The smallest absolute Gasteiger partial charge is 0.191 e. The van der Waals surface area contributed by atoms with Gasteiger partial charge < -0.3 is 20.4 Å². The van der Waals surface area contributed by atoms with Crippen molar-refractivity contribution < 1.29 is 0 Å². The monoisotopic (exact) mass is 527 g/mol. The van der Waals surface area contributed by atoms with Crippen LogP contribution in [0.4, 0.5) is 5.82 Å². The Kier molecular flexibility index (Phi) is 9.00. The summed E-state index contributed by atoms with van der Waals surface area (Å²) in [7, 11) is 4.03. The lowest BCUT2D eigenvalue weighted by Gasteiger charge is -2.33. The van der Waals surface area contributed by atoms with E-state index in [1.54, 1.807) is 0 Å². The van der Waals surface area contributed by atoms with Crippen molar-refractivity contribution in [2.45, 2.75) is 50.7 Å². The van der Waals surface area contributed by atoms with Gasteiger partial charge in [-0.25, -0.2) is 4.98 Å². The highest BCUT2D eigenvalue weighted by molar-refractivity contribution is 14.0. The Hall–Kier alpha value is -1.13. The second-order valence-electron chi connectivity index (χ2n) is 8.80. The van der Waals surface area contributed by atoms with Gasteiger partial charge in [-0.1, -0.05) is 18.9 Å². The van der Waals surface area contributed by atoms with Crippen LogP contribution in [-0.2, 0) is 6.54 Å². The van der Waals surface area contributed by atoms with Gasteiger partial charge in [-0.3, -0.25) is 9.89 Å². The molecule has 3 aliphatic rings. The van der Waals surface area contributed by atoms with Crippen LogP contribution in [0, 0.1) is 0 Å². The first-order valence-electron chi connectivity index (χ1n) is 11.3. The van der Waals surface area contributed by atoms with Crippen LogP contribution in [0.3, 0.4) is 0 Å². The van der Waals surface area contributed by atoms with Gasteiger partial charge in [0, 0.05) is 71.1 Å². The standard InChI is InChI=1S/C22H37N7.HI/c1-23-22(26-19-9-10-29(17-19)20-5-3-4-6-20)25-16-18-7-8-21(24-15-18)28-13-11-27(2)12-14-28;/h7-8,15,19-20H,3-6,9-14,16-17H2,1-2H3,(H2,23,25,26);1H. The fourth-order valence-electron chi connectivity index (χ4n) is 4.82. The number of aliphatic imine (C=N–C) groups is 1. The van der Waals surface area contributed by atoms with Gasteiger partial charge >= 0.3 is 0 Å². The Labute approximate surface area is 198 Å². The number of anilines is 1. The van der Waals surface area contributed by atoms with Gasteiger partial charge in [0.2, 0.25) is 0 Å². The zero-order chi connectivity index (χ0) is 20.1. The number of likely N-dealkylation sites (tertiary alicyclic amines) is 1. The first-order chi connectivity index (χ1) is 14.2. The van der Waals surface area contributed by atoms with Gasteiger partial charge in [0.1, 0.15) is 5.82 Å². The number of likely N-dealkylation sites (N-methyl/N-ethyl adjacent to an activating group) is 1. The molecule has 1 unspecified atom stereocenters. The second-order valence-corrected chi connectivity index (χ2v) is 8.80. The summed E-state index contributed by atoms with van der Waals surface area (Å²) in [5.41, 5.74) is 1.19. The average Bonchev–Trinajstić information content (AvgIpc) is 3.44. The van der Waals surface area contributed by atoms with Crippen molar-refractivity contribution in [2.75, 3.05) is 58.3 Å². The summed E-state index contributed by atoms with van der Waals surface area (Å²) < 4.78 is 0. The summed E-state index contributed by atoms with van der Waals surface area (Å²) in [6.45, 7) is 7.42. The van der Waals surface area contributed by atoms with E-state index in [2.05, 4.69) is 54.5 Å². The summed E-state index contributed by atoms with van der Waals surface area (Å²) in [6.07, 6.45) is 8.78. The van der Waals surface area contributed by atoms with E-state index < -0.39 is 0 Å². The number of guanidine groups is 1. The van der Waals surface area contributed by atoms with E-state index in [9.17, 15) is 0 Å². The van der Waals surface area contributed by atoms with E-state index >= 15 is 0 Å². The Morgan fingerprint density at radius 3 is 2.53 bits per heavy atom. The summed E-state index contributed by atoms with van der Waals surface area (Å²) in [4.78, 5) is 16.5. The molecule has 30 heavy (non-hydrogen) atoms. The maximum Gasteiger partial charge on any atom is 0.191 e. The number of aromatic nitrogens is 1. The number of rotatable bonds is 5. The molecule has 1 atom stereocenters. The molecule has 3 heterocycles. The minimum absolute atomic E-state index is 0. The molecule has 1 aliphatic carbocycles. The summed E-state index contributed by atoms with van der Waals surface area (Å²) in [5, 5.41) is 7.08. The molecule has 7 nitrogen and oxygen atoms in total. The second kappa shape index (κ2) is 11.5. The van der Waals surface area contributed by atoms with E-state index in [-0.39, 0.29) is 24.0 Å². The molecule has 4 rings (SSSR count). The summed E-state index contributed by atoms with van der Waals surface area (Å²) in [5.74, 6) is 1.98. The quantitative estimate of drug-likeness (QED) is 0.348. The molecule has 0 radical (unpaired) electrons. The Balaban J connectivity index is 0.00000256. The average molecular weight is 527 g/mol. The van der Waals surface area contributed by atoms with Gasteiger partial charge in [0.15, 0.2) is 5.96 Å². The van der Waals surface area contributed by atoms with Crippen LogP contribution < -0.4 is 15.5 Å². The molecule has 1 aromatic heterocycles. The normalized spacial score (nSPS) is 24.1. The number of halogens is 1. The highest BCUT2D eigenvalue weighted by Gasteiger charge is 2.30. The molecule has 0 spiro atoms. The molecule has 1 aromatic rings. The van der Waals surface area contributed by atoms with Crippen molar-refractivity contribution in [3.8, 4) is 0 Å². The zero-order valence-electron chi connectivity index (χ0n) is 18.5. The first kappa shape index (κ1) is 23.5. The van der Waals surface area contributed by atoms with Gasteiger partial charge in [-0.15, -0.1) is 24.0 Å². The molecular weight excluding hydrogens is 489 g/mol. The lowest BCUT2D eigenvalue weighted by atomic mass is 10.2. The van der Waals surface area contributed by atoms with Crippen molar-refractivity contribution >= 4 is 35.8 Å². The van der Waals surface area contributed by atoms with Crippen LogP contribution in [0.25, 0.3) is 0 Å². The largest absolute Gasteiger partial charge is 0.354 e. The Bertz CT molecular complexity index is 667. The zero-order valence-corrected chi connectivity index (χ0v) is 20.8. The number of hydrogen-bond donors (Lipinski definition) is 2. The molecule has 0 aromatic carbocycles. The third-order valence-corrected chi connectivity index (χ3v) is 6.72. The van der Waals surface area contributed by atoms with Crippen LogP contribution in [0.15, 0.2) is 23.3 Å². The molecule has 2 saturated heterocycles. The summed E-state index contributed by atoms with van der Waals surface area (Å²) >= 11 is 0. The van der Waals surface area contributed by atoms with Crippen molar-refractivity contribution in [3.05, 3.63) is 23.9 Å². The minimum atomic E-state index is 0. The topological polar surface area (TPSA) is 59.0 Å². The van der Waals surface area contributed by atoms with E-state index in [4.69, 9.17) is 0 Å². The fraction of sp³-hybridized carbons (Fsp3) is 0.727. The van der Waals surface area contributed by atoms with E-state index in [1.807, 2.05) is 13.2 Å². The van der Waals surface area contributed by atoms with Gasteiger partial charge in [0.25, 0.3) is 0 Å². The minimum Gasteiger partial charge on any atom is -0.354 e. The van der Waals surface area contributed by atoms with E-state index in [0.29, 0.717) is 6.04 Å². The number of hydrogen-bond acceptors (Lipinski definition) is 5. The van der Waals surface area contributed by atoms with Crippen molar-refractivity contribution in [2.24, 2.45) is 4.99 Å². The summed E-state index contributed by atoms with van der Waals surface area (Å²) in [6, 6.07) is 5.65. The fourth-order valence-corrected chi connectivity index (χ4v) is 4.82. The van der Waals surface area contributed by atoms with Crippen LogP contribution in [-0.4, -0.2) is 86.2 Å². The highest BCUT2D eigenvalue weighted by atomic mass is 127. The number of nitrogens with zero attached hydrogens (tertiary/aromatic N) is 5. The molecule has 168 valence electrons. The van der Waals surface area contributed by atoms with Crippen LogP contribution in [0.5, 0.6) is 0 Å². The third-order valence-electron chi connectivity index (χ3n) is 6.72. The highest BCUT2D eigenvalue weighted by Crippen LogP contribution is 2.26. The molecule has 0 amide bonds. The Morgan fingerprint density at radius 2 is 1.87 bits per heavy atom. The van der Waals surface area contributed by atoms with Crippen molar-refractivity contribution in [1.29, 1.82) is 0 Å². The maximum atomic E-state index is 4.69. The molecular formula is C22H38IN7. The van der Waals surface area contributed by atoms with Crippen LogP contribution >= 0.6 is 24.0 Å². The predicted octanol–water partition coefficient (Wildman–Crippen LogP) is 2.13. The third kappa shape index (κ3) is 6.20. The number of pyridine rings is 1. The molecule has 2 N–H and O–H groups in total. The molecule has 8 heteroatoms. The van der Waals surface area contributed by atoms with Gasteiger partial charge in [0.05, 0.1) is 0 Å². The molecule has 2 aliphatic heterocycles. The lowest BCUT2D eigenvalue weighted by molar-refractivity contribution is 0.242. The lowest BCUT2D eigenvalue weighted by Crippen LogP contribution is -2.45. The van der Waals surface area contributed by atoms with Gasteiger partial charge in [-0.05, 0) is 37.9 Å². The molecule has 1 saturated carbocycles. The number of nitrogens with one attached hydrogen (secondary N) is 2. The van der Waals surface area contributed by atoms with Gasteiger partial charge in [-0.2, -0.15) is 0 Å². The van der Waals surface area contributed by atoms with E-state index in [0.717, 1.165) is 57.1 Å². The number of piperazine rings is 1. The van der Waals surface area contributed by atoms with Crippen LogP contribution in [0.1, 0.15) is 37.7 Å². The molecule has 0 bridgehead atoms. The molecule has 3 fully saturated rings. The van der Waals surface area contributed by atoms with Crippen molar-refractivity contribution in [3.63, 3.8) is 0 Å². The Morgan fingerprint density at radius 1 is 1.10 bits per heavy atom. The first-order valence-corrected chi connectivity index (χ1v) is 11.3.